The number of nitrogens with zero attached hydrogens (tertiary/aromatic N) is 6. The Hall–Kier alpha value is -3.53. The van der Waals surface area contributed by atoms with Gasteiger partial charge in [-0.25, -0.2) is 9.07 Å². The molecule has 1 aliphatic heterocycles. The highest BCUT2D eigenvalue weighted by Crippen LogP contribution is 2.25. The summed E-state index contributed by atoms with van der Waals surface area (Å²) < 4.78 is 24.0. The molecule has 1 fully saturated rings. The van der Waals surface area contributed by atoms with Crippen LogP contribution in [0.25, 0.3) is 11.3 Å². The molecule has 0 radical (unpaired) electrons. The van der Waals surface area contributed by atoms with E-state index in [0.717, 1.165) is 37.1 Å². The van der Waals surface area contributed by atoms with Crippen molar-refractivity contribution in [2.75, 3.05) is 18.4 Å². The summed E-state index contributed by atoms with van der Waals surface area (Å²) in [6.45, 7) is 6.28. The Balaban J connectivity index is 1.48. The lowest BCUT2D eigenvalue weighted by molar-refractivity contribution is 0.153. The van der Waals surface area contributed by atoms with Crippen LogP contribution in [0.15, 0.2) is 42.9 Å². The minimum Gasteiger partial charge on any atom is -0.459 e. The predicted octanol–water partition coefficient (Wildman–Crippen LogP) is 3.32. The molecule has 33 heavy (non-hydrogen) atoms. The van der Waals surface area contributed by atoms with E-state index in [0.29, 0.717) is 29.8 Å². The molecule has 172 valence electrons. The molecule has 0 spiro atoms. The second-order valence-electron chi connectivity index (χ2n) is 8.46. The standard InChI is InChI=1S/C23H27FN8O/c1-15(2)18-14-28-32-21(18)29-23(33-17-7-4-9-25-13-17)30-22(32)26-12-16-6-3-8-19(24)20(16)31-11-5-10-27-31/h3,5-6,8,10-11,14-15,17,25H,4,7,9,12-13H2,1-2H3,(H,26,29,30)/t17-/m1/s1. The fourth-order valence-electron chi connectivity index (χ4n) is 4.05. The Morgan fingerprint density at radius 1 is 1.24 bits per heavy atom. The largest absolute Gasteiger partial charge is 0.459 e. The van der Waals surface area contributed by atoms with Crippen LogP contribution in [0.4, 0.5) is 10.3 Å². The molecule has 9 nitrogen and oxygen atoms in total. The predicted molar refractivity (Wildman–Crippen MR) is 122 cm³/mol. The van der Waals surface area contributed by atoms with Crippen LogP contribution in [0.1, 0.15) is 43.7 Å². The van der Waals surface area contributed by atoms with Crippen LogP contribution in [0.2, 0.25) is 0 Å². The van der Waals surface area contributed by atoms with Crippen LogP contribution >= 0.6 is 0 Å². The minimum absolute atomic E-state index is 0.0223. The molecule has 10 heteroatoms. The van der Waals surface area contributed by atoms with Gasteiger partial charge in [0.15, 0.2) is 5.65 Å². The first-order chi connectivity index (χ1) is 16.1. The van der Waals surface area contributed by atoms with E-state index in [1.165, 1.54) is 10.7 Å². The van der Waals surface area contributed by atoms with Crippen LogP contribution in [0.5, 0.6) is 6.01 Å². The van der Waals surface area contributed by atoms with Gasteiger partial charge >= 0.3 is 6.01 Å². The van der Waals surface area contributed by atoms with Gasteiger partial charge in [0.25, 0.3) is 0 Å². The molecule has 1 aliphatic rings. The zero-order valence-electron chi connectivity index (χ0n) is 18.7. The summed E-state index contributed by atoms with van der Waals surface area (Å²) in [4.78, 5) is 9.27. The summed E-state index contributed by atoms with van der Waals surface area (Å²) in [5.41, 5.74) is 2.84. The van der Waals surface area contributed by atoms with Crippen molar-refractivity contribution < 1.29 is 9.13 Å². The number of hydrogen-bond acceptors (Lipinski definition) is 7. The smallest absolute Gasteiger partial charge is 0.322 e. The number of anilines is 1. The summed E-state index contributed by atoms with van der Waals surface area (Å²) in [6.07, 6.45) is 7.18. The van der Waals surface area contributed by atoms with Crippen molar-refractivity contribution in [3.05, 3.63) is 59.8 Å². The molecule has 1 saturated heterocycles. The van der Waals surface area contributed by atoms with Crippen molar-refractivity contribution in [2.45, 2.75) is 45.3 Å². The van der Waals surface area contributed by atoms with Crippen LogP contribution < -0.4 is 15.4 Å². The van der Waals surface area contributed by atoms with Gasteiger partial charge in [-0.15, -0.1) is 0 Å². The third kappa shape index (κ3) is 4.38. The maximum Gasteiger partial charge on any atom is 0.322 e. The number of fused-ring (bicyclic) bond motifs is 1. The SMILES string of the molecule is CC(C)c1cnn2c(NCc3cccc(F)c3-n3cccn3)nc(O[C@@H]3CCCNC3)nc12. The molecule has 3 aromatic heterocycles. The Morgan fingerprint density at radius 2 is 2.15 bits per heavy atom. The lowest BCUT2D eigenvalue weighted by Gasteiger charge is -2.23. The van der Waals surface area contributed by atoms with E-state index >= 15 is 0 Å². The number of piperidine rings is 1. The van der Waals surface area contributed by atoms with Crippen molar-refractivity contribution in [2.24, 2.45) is 0 Å². The van der Waals surface area contributed by atoms with E-state index in [1.807, 2.05) is 12.3 Å². The van der Waals surface area contributed by atoms with Crippen molar-refractivity contribution in [3.8, 4) is 11.7 Å². The summed E-state index contributed by atoms with van der Waals surface area (Å²) in [6, 6.07) is 7.05. The van der Waals surface area contributed by atoms with Gasteiger partial charge in [-0.2, -0.15) is 24.7 Å². The average Bonchev–Trinajstić information content (AvgIpc) is 3.48. The monoisotopic (exact) mass is 450 g/mol. The summed E-state index contributed by atoms with van der Waals surface area (Å²) in [7, 11) is 0. The fourth-order valence-corrected chi connectivity index (χ4v) is 4.05. The number of para-hydroxylation sites is 1. The summed E-state index contributed by atoms with van der Waals surface area (Å²) in [5, 5.41) is 15.3. The zero-order valence-corrected chi connectivity index (χ0v) is 18.7. The molecule has 0 aliphatic carbocycles. The number of hydrogen-bond donors (Lipinski definition) is 2. The molecule has 1 aromatic carbocycles. The van der Waals surface area contributed by atoms with Gasteiger partial charge in [0.2, 0.25) is 5.95 Å². The first kappa shape index (κ1) is 21.3. The molecular weight excluding hydrogens is 423 g/mol. The number of benzene rings is 1. The Morgan fingerprint density at radius 3 is 2.91 bits per heavy atom. The van der Waals surface area contributed by atoms with E-state index in [1.54, 1.807) is 29.0 Å². The summed E-state index contributed by atoms with van der Waals surface area (Å²) in [5.74, 6) is 0.381. The van der Waals surface area contributed by atoms with Gasteiger partial charge in [0.05, 0.1) is 6.20 Å². The molecule has 4 heterocycles. The second-order valence-corrected chi connectivity index (χ2v) is 8.46. The first-order valence-electron chi connectivity index (χ1n) is 11.2. The van der Waals surface area contributed by atoms with Crippen molar-refractivity contribution in [3.63, 3.8) is 0 Å². The number of aromatic nitrogens is 6. The van der Waals surface area contributed by atoms with Crippen molar-refractivity contribution >= 4 is 11.6 Å². The fraction of sp³-hybridized carbons (Fsp3) is 0.391. The van der Waals surface area contributed by atoms with Gasteiger partial charge in [-0.3, -0.25) is 0 Å². The lowest BCUT2D eigenvalue weighted by Crippen LogP contribution is -2.37. The highest BCUT2D eigenvalue weighted by Gasteiger charge is 2.20. The number of nitrogens with one attached hydrogen (secondary N) is 2. The van der Waals surface area contributed by atoms with Crippen LogP contribution in [0.3, 0.4) is 0 Å². The Bertz CT molecular complexity index is 1230. The molecule has 2 N–H and O–H groups in total. The molecule has 5 rings (SSSR count). The Kier molecular flexibility index (Phi) is 5.91. The normalized spacial score (nSPS) is 16.4. The maximum atomic E-state index is 14.7. The minimum atomic E-state index is -0.346. The lowest BCUT2D eigenvalue weighted by atomic mass is 10.1. The first-order valence-corrected chi connectivity index (χ1v) is 11.2. The number of rotatable bonds is 7. The van der Waals surface area contributed by atoms with Gasteiger partial charge in [0.1, 0.15) is 17.6 Å². The van der Waals surface area contributed by atoms with E-state index < -0.39 is 0 Å². The quantitative estimate of drug-likeness (QED) is 0.446. The van der Waals surface area contributed by atoms with E-state index in [2.05, 4.69) is 44.6 Å². The Labute approximate surface area is 191 Å². The molecule has 1 atom stereocenters. The molecular formula is C23H27FN8O. The summed E-state index contributed by atoms with van der Waals surface area (Å²) >= 11 is 0. The maximum absolute atomic E-state index is 14.7. The molecule has 0 amide bonds. The van der Waals surface area contributed by atoms with Gasteiger partial charge < -0.3 is 15.4 Å². The van der Waals surface area contributed by atoms with Gasteiger partial charge in [0, 0.05) is 31.0 Å². The highest BCUT2D eigenvalue weighted by molar-refractivity contribution is 5.53. The zero-order chi connectivity index (χ0) is 22.8. The third-order valence-corrected chi connectivity index (χ3v) is 5.76. The van der Waals surface area contributed by atoms with Crippen molar-refractivity contribution in [1.82, 2.24) is 34.7 Å². The molecule has 0 saturated carbocycles. The average molecular weight is 451 g/mol. The topological polar surface area (TPSA) is 94.2 Å². The van der Waals surface area contributed by atoms with Crippen LogP contribution in [-0.4, -0.2) is 48.6 Å². The van der Waals surface area contributed by atoms with Crippen LogP contribution in [-0.2, 0) is 6.54 Å². The third-order valence-electron chi connectivity index (χ3n) is 5.76. The van der Waals surface area contributed by atoms with Gasteiger partial charge in [-0.05, 0) is 43.0 Å². The molecule has 4 aromatic rings. The molecule has 0 bridgehead atoms. The van der Waals surface area contributed by atoms with Crippen LogP contribution in [0, 0.1) is 5.82 Å². The van der Waals surface area contributed by atoms with E-state index in [-0.39, 0.29) is 17.8 Å². The molecule has 0 unspecified atom stereocenters. The van der Waals surface area contributed by atoms with Crippen molar-refractivity contribution in [1.29, 1.82) is 0 Å². The number of ether oxygens (including phenoxy) is 1. The second kappa shape index (κ2) is 9.14. The number of halogens is 1. The van der Waals surface area contributed by atoms with Gasteiger partial charge in [-0.1, -0.05) is 26.0 Å². The highest BCUT2D eigenvalue weighted by atomic mass is 19.1. The van der Waals surface area contributed by atoms with E-state index in [9.17, 15) is 4.39 Å². The van der Waals surface area contributed by atoms with E-state index in [4.69, 9.17) is 4.74 Å².